The molecule has 33 heavy (non-hydrogen) atoms. The third-order valence-electron chi connectivity index (χ3n) is 4.99. The van der Waals surface area contributed by atoms with Gasteiger partial charge >= 0.3 is 11.6 Å². The number of nitrogens with one attached hydrogen (secondary N) is 1. The quantitative estimate of drug-likeness (QED) is 0.306. The van der Waals surface area contributed by atoms with Gasteiger partial charge in [-0.3, -0.25) is 4.79 Å². The number of amides is 1. The van der Waals surface area contributed by atoms with E-state index in [1.165, 1.54) is 12.1 Å². The van der Waals surface area contributed by atoms with Gasteiger partial charge in [0, 0.05) is 18.0 Å². The molecular formula is C26H29NO6. The van der Waals surface area contributed by atoms with Crippen molar-refractivity contribution in [1.29, 1.82) is 0 Å². The summed E-state index contributed by atoms with van der Waals surface area (Å²) in [4.78, 5) is 36.9. The number of benzene rings is 2. The molecule has 1 heterocycles. The predicted octanol–water partition coefficient (Wildman–Crippen LogP) is 4.60. The highest BCUT2D eigenvalue weighted by Gasteiger charge is 2.16. The average Bonchev–Trinajstić information content (AvgIpc) is 2.75. The minimum absolute atomic E-state index is 0.0691. The van der Waals surface area contributed by atoms with Gasteiger partial charge in [-0.1, -0.05) is 39.8 Å². The van der Waals surface area contributed by atoms with Crippen LogP contribution in [0.4, 0.5) is 0 Å². The number of carbonyl (C=O) groups excluding carboxylic acids is 2. The Morgan fingerprint density at radius 1 is 1.03 bits per heavy atom. The Morgan fingerprint density at radius 2 is 1.79 bits per heavy atom. The van der Waals surface area contributed by atoms with E-state index in [1.807, 2.05) is 39.0 Å². The summed E-state index contributed by atoms with van der Waals surface area (Å²) in [7, 11) is 0. The number of ether oxygens (including phenoxy) is 2. The minimum atomic E-state index is -0.753. The van der Waals surface area contributed by atoms with Crippen LogP contribution in [0.3, 0.4) is 0 Å². The Labute approximate surface area is 192 Å². The average molecular weight is 452 g/mol. The van der Waals surface area contributed by atoms with Gasteiger partial charge in [-0.25, -0.2) is 9.59 Å². The van der Waals surface area contributed by atoms with Gasteiger partial charge in [-0.05, 0) is 54.2 Å². The predicted molar refractivity (Wildman–Crippen MR) is 126 cm³/mol. The van der Waals surface area contributed by atoms with Gasteiger partial charge in [0.15, 0.2) is 6.61 Å². The molecule has 2 aromatic carbocycles. The van der Waals surface area contributed by atoms with Gasteiger partial charge in [0.25, 0.3) is 5.91 Å². The first-order valence-electron chi connectivity index (χ1n) is 10.9. The first-order chi connectivity index (χ1) is 15.6. The summed E-state index contributed by atoms with van der Waals surface area (Å²) in [5.74, 6) is 0.295. The van der Waals surface area contributed by atoms with E-state index in [2.05, 4.69) is 19.2 Å². The van der Waals surface area contributed by atoms with Crippen LogP contribution in [-0.2, 0) is 4.79 Å². The Balaban J connectivity index is 1.70. The number of aryl methyl sites for hydroxylation is 1. The van der Waals surface area contributed by atoms with E-state index in [0.29, 0.717) is 17.7 Å². The molecule has 3 rings (SSSR count). The second kappa shape index (κ2) is 10.3. The molecule has 174 valence electrons. The molecule has 7 nitrogen and oxygen atoms in total. The second-order valence-electron chi connectivity index (χ2n) is 8.71. The molecule has 3 aromatic rings. The number of rotatable bonds is 8. The third kappa shape index (κ3) is 6.22. The maximum absolute atomic E-state index is 12.3. The topological polar surface area (TPSA) is 94.8 Å². The largest absolute Gasteiger partial charge is 0.482 e. The van der Waals surface area contributed by atoms with Gasteiger partial charge in [0.1, 0.15) is 22.6 Å². The molecule has 7 heteroatoms. The number of carbonyl (C=O) groups is 2. The molecule has 0 aliphatic carbocycles. The van der Waals surface area contributed by atoms with E-state index in [9.17, 15) is 14.4 Å². The van der Waals surface area contributed by atoms with Crippen LogP contribution in [0.15, 0.2) is 51.7 Å². The lowest BCUT2D eigenvalue weighted by molar-refractivity contribution is -0.136. The van der Waals surface area contributed by atoms with Crippen molar-refractivity contribution < 1.29 is 23.5 Å². The summed E-state index contributed by atoms with van der Waals surface area (Å²) < 4.78 is 16.3. The highest BCUT2D eigenvalue weighted by atomic mass is 16.6. The van der Waals surface area contributed by atoms with Crippen molar-refractivity contribution in [3.8, 4) is 11.5 Å². The van der Waals surface area contributed by atoms with Gasteiger partial charge in [-0.15, -0.1) is 0 Å². The maximum atomic E-state index is 12.3. The normalized spacial score (nSPS) is 11.1. The van der Waals surface area contributed by atoms with Crippen LogP contribution in [0.2, 0.25) is 0 Å². The molecule has 0 unspecified atom stereocenters. The monoisotopic (exact) mass is 451 g/mol. The van der Waals surface area contributed by atoms with Crippen LogP contribution in [-0.4, -0.2) is 25.0 Å². The van der Waals surface area contributed by atoms with Gasteiger partial charge in [0.05, 0.1) is 0 Å². The molecule has 0 saturated carbocycles. The van der Waals surface area contributed by atoms with Crippen molar-refractivity contribution in [2.24, 2.45) is 5.92 Å². The zero-order valence-electron chi connectivity index (χ0n) is 19.6. The summed E-state index contributed by atoms with van der Waals surface area (Å²) in [6.07, 6.45) is 0. The van der Waals surface area contributed by atoms with Crippen molar-refractivity contribution in [2.45, 2.75) is 40.5 Å². The van der Waals surface area contributed by atoms with Crippen LogP contribution < -0.4 is 20.4 Å². The molecule has 0 fully saturated rings. The molecule has 0 atom stereocenters. The molecule has 0 radical (unpaired) electrons. The number of hydrogen-bond donors (Lipinski definition) is 1. The molecule has 1 amide bonds. The zero-order chi connectivity index (χ0) is 24.1. The van der Waals surface area contributed by atoms with Crippen LogP contribution in [0.1, 0.15) is 55.1 Å². The van der Waals surface area contributed by atoms with Crippen molar-refractivity contribution >= 4 is 22.8 Å². The summed E-state index contributed by atoms with van der Waals surface area (Å²) in [5.41, 5.74) is 1.43. The Kier molecular flexibility index (Phi) is 7.53. The molecular weight excluding hydrogens is 422 g/mol. The van der Waals surface area contributed by atoms with Crippen molar-refractivity contribution in [3.63, 3.8) is 0 Å². The van der Waals surface area contributed by atoms with Gasteiger partial charge in [0.2, 0.25) is 0 Å². The molecule has 0 bridgehead atoms. The summed E-state index contributed by atoms with van der Waals surface area (Å²) in [6, 6.07) is 12.0. The fourth-order valence-electron chi connectivity index (χ4n) is 3.25. The molecule has 0 aliphatic rings. The lowest BCUT2D eigenvalue weighted by Crippen LogP contribution is -2.31. The first-order valence-corrected chi connectivity index (χ1v) is 10.9. The van der Waals surface area contributed by atoms with E-state index in [0.717, 1.165) is 11.1 Å². The van der Waals surface area contributed by atoms with Gasteiger partial charge < -0.3 is 19.2 Å². The summed E-state index contributed by atoms with van der Waals surface area (Å²) in [5, 5.41) is 3.24. The van der Waals surface area contributed by atoms with Crippen molar-refractivity contribution in [1.82, 2.24) is 5.32 Å². The summed E-state index contributed by atoms with van der Waals surface area (Å²) in [6.45, 7) is 10.2. The fraction of sp³-hybridized carbons (Fsp3) is 0.346. The van der Waals surface area contributed by atoms with Crippen LogP contribution >= 0.6 is 0 Å². The van der Waals surface area contributed by atoms with Crippen LogP contribution in [0.5, 0.6) is 11.5 Å². The highest BCUT2D eigenvalue weighted by Crippen LogP contribution is 2.27. The minimum Gasteiger partial charge on any atom is -0.482 e. The van der Waals surface area contributed by atoms with Crippen LogP contribution in [0.25, 0.3) is 11.0 Å². The molecule has 0 spiro atoms. The van der Waals surface area contributed by atoms with Crippen molar-refractivity contribution in [3.05, 3.63) is 69.6 Å². The molecule has 0 aliphatic heterocycles. The number of esters is 1. The van der Waals surface area contributed by atoms with Gasteiger partial charge in [-0.2, -0.15) is 0 Å². The number of fused-ring (bicyclic) bond motifs is 1. The summed E-state index contributed by atoms with van der Waals surface area (Å²) >= 11 is 0. The van der Waals surface area contributed by atoms with E-state index >= 15 is 0 Å². The zero-order valence-corrected chi connectivity index (χ0v) is 19.6. The SMILES string of the molecule is Cc1ccc(C(C)C)c(OCC(=O)Oc2ccc3cc(C(=O)NCC(C)C)c(=O)oc3c2)c1. The lowest BCUT2D eigenvalue weighted by atomic mass is 10.0. The Morgan fingerprint density at radius 3 is 2.48 bits per heavy atom. The van der Waals surface area contributed by atoms with E-state index in [-0.39, 0.29) is 35.3 Å². The Hall–Kier alpha value is -3.61. The van der Waals surface area contributed by atoms with E-state index < -0.39 is 17.5 Å². The second-order valence-corrected chi connectivity index (χ2v) is 8.71. The standard InChI is InChI=1S/C26H29NO6/c1-15(2)13-27-25(29)21-11-18-7-8-19(12-22(18)33-26(21)30)32-24(28)14-31-23-10-17(5)6-9-20(23)16(3)4/h6-12,15-16H,13-14H2,1-5H3,(H,27,29). The van der Waals surface area contributed by atoms with Crippen molar-refractivity contribution in [2.75, 3.05) is 13.2 Å². The van der Waals surface area contributed by atoms with E-state index in [4.69, 9.17) is 13.9 Å². The molecule has 1 aromatic heterocycles. The highest BCUT2D eigenvalue weighted by molar-refractivity contribution is 5.96. The van der Waals surface area contributed by atoms with E-state index in [1.54, 1.807) is 12.1 Å². The fourth-order valence-corrected chi connectivity index (χ4v) is 3.25. The first kappa shape index (κ1) is 24.0. The smallest absolute Gasteiger partial charge is 0.349 e. The third-order valence-corrected chi connectivity index (χ3v) is 4.99. The lowest BCUT2D eigenvalue weighted by Gasteiger charge is -2.14. The van der Waals surface area contributed by atoms with Crippen LogP contribution in [0, 0.1) is 12.8 Å². The Bertz CT molecular complexity index is 1230. The molecule has 1 N–H and O–H groups in total. The molecule has 0 saturated heterocycles. The number of hydrogen-bond acceptors (Lipinski definition) is 6. The maximum Gasteiger partial charge on any atom is 0.349 e.